The van der Waals surface area contributed by atoms with Crippen LogP contribution in [0.3, 0.4) is 0 Å². The van der Waals surface area contributed by atoms with Crippen LogP contribution in [0.5, 0.6) is 5.75 Å². The number of aliphatic hydroxyl groups is 1. The number of hydrogen-bond acceptors (Lipinski definition) is 2. The lowest BCUT2D eigenvalue weighted by atomic mass is 9.94. The van der Waals surface area contributed by atoms with Gasteiger partial charge in [0.1, 0.15) is 12.4 Å². The van der Waals surface area contributed by atoms with Gasteiger partial charge >= 0.3 is 0 Å². The molecule has 0 bridgehead atoms. The Morgan fingerprint density at radius 3 is 2.19 bits per heavy atom. The molecule has 4 heteroatoms. The van der Waals surface area contributed by atoms with Crippen molar-refractivity contribution in [2.24, 2.45) is 5.92 Å². The molecule has 16 heavy (non-hydrogen) atoms. The van der Waals surface area contributed by atoms with Crippen molar-refractivity contribution in [3.63, 3.8) is 0 Å². The number of hydrogen-bond donors (Lipinski definition) is 1. The van der Waals surface area contributed by atoms with E-state index in [1.807, 2.05) is 13.8 Å². The van der Waals surface area contributed by atoms with Crippen LogP contribution in [-0.4, -0.2) is 17.3 Å². The first-order chi connectivity index (χ1) is 7.31. The minimum absolute atomic E-state index is 0.113. The molecule has 2 nitrogen and oxygen atoms in total. The normalized spacial score (nSPS) is 14.9. The number of rotatable bonds is 4. The fourth-order valence-electron chi connectivity index (χ4n) is 1.01. The van der Waals surface area contributed by atoms with E-state index >= 15 is 0 Å². The SMILES string of the molecule is CC(C)C(C)(O)COc1cc(Cl)cc(Cl)c1. The van der Waals surface area contributed by atoms with E-state index in [0.29, 0.717) is 15.8 Å². The van der Waals surface area contributed by atoms with Gasteiger partial charge in [-0.15, -0.1) is 0 Å². The van der Waals surface area contributed by atoms with Gasteiger partial charge in [0.2, 0.25) is 0 Å². The Hall–Kier alpha value is -0.440. The van der Waals surface area contributed by atoms with E-state index in [2.05, 4.69) is 0 Å². The summed E-state index contributed by atoms with van der Waals surface area (Å²) in [5.41, 5.74) is -0.866. The second-order valence-corrected chi connectivity index (χ2v) is 5.28. The molecule has 0 aliphatic rings. The average Bonchev–Trinajstić information content (AvgIpc) is 2.13. The molecular weight excluding hydrogens is 247 g/mol. The molecule has 1 atom stereocenters. The van der Waals surface area contributed by atoms with Crippen molar-refractivity contribution >= 4 is 23.2 Å². The topological polar surface area (TPSA) is 29.5 Å². The molecule has 0 aliphatic heterocycles. The zero-order valence-corrected chi connectivity index (χ0v) is 11.1. The van der Waals surface area contributed by atoms with Crippen molar-refractivity contribution in [2.45, 2.75) is 26.4 Å². The van der Waals surface area contributed by atoms with Gasteiger partial charge in [-0.1, -0.05) is 37.0 Å². The first-order valence-electron chi connectivity index (χ1n) is 5.12. The van der Waals surface area contributed by atoms with E-state index in [-0.39, 0.29) is 12.5 Å². The van der Waals surface area contributed by atoms with Crippen LogP contribution in [-0.2, 0) is 0 Å². The highest BCUT2D eigenvalue weighted by molar-refractivity contribution is 6.34. The first kappa shape index (κ1) is 13.6. The summed E-state index contributed by atoms with van der Waals surface area (Å²) < 4.78 is 5.47. The van der Waals surface area contributed by atoms with Crippen molar-refractivity contribution in [1.82, 2.24) is 0 Å². The average molecular weight is 263 g/mol. The van der Waals surface area contributed by atoms with Crippen LogP contribution in [0.25, 0.3) is 0 Å². The Labute approximate surface area is 106 Å². The molecule has 1 rings (SSSR count). The number of halogens is 2. The van der Waals surface area contributed by atoms with Gasteiger partial charge in [0, 0.05) is 10.0 Å². The molecule has 1 N–H and O–H groups in total. The largest absolute Gasteiger partial charge is 0.490 e. The maximum Gasteiger partial charge on any atom is 0.122 e. The van der Waals surface area contributed by atoms with Crippen molar-refractivity contribution in [3.8, 4) is 5.75 Å². The van der Waals surface area contributed by atoms with Gasteiger partial charge in [0.15, 0.2) is 0 Å². The molecule has 0 radical (unpaired) electrons. The maximum absolute atomic E-state index is 10.0. The predicted molar refractivity (Wildman–Crippen MR) is 67.4 cm³/mol. The van der Waals surface area contributed by atoms with Gasteiger partial charge in [0.05, 0.1) is 5.60 Å². The smallest absolute Gasteiger partial charge is 0.122 e. The Morgan fingerprint density at radius 1 is 1.25 bits per heavy atom. The molecule has 90 valence electrons. The van der Waals surface area contributed by atoms with E-state index < -0.39 is 5.60 Å². The molecule has 1 aromatic rings. The lowest BCUT2D eigenvalue weighted by molar-refractivity contribution is -0.0266. The first-order valence-corrected chi connectivity index (χ1v) is 5.88. The lowest BCUT2D eigenvalue weighted by Crippen LogP contribution is -2.37. The summed E-state index contributed by atoms with van der Waals surface area (Å²) in [7, 11) is 0. The number of ether oxygens (including phenoxy) is 1. The Bertz CT molecular complexity index is 342. The molecule has 0 saturated heterocycles. The third-order valence-corrected chi connectivity index (χ3v) is 3.05. The molecule has 0 saturated carbocycles. The molecular formula is C12H16Cl2O2. The van der Waals surface area contributed by atoms with Gasteiger partial charge < -0.3 is 9.84 Å². The van der Waals surface area contributed by atoms with Crippen LogP contribution in [0.2, 0.25) is 10.0 Å². The fraction of sp³-hybridized carbons (Fsp3) is 0.500. The molecule has 0 aromatic heterocycles. The molecule has 0 heterocycles. The summed E-state index contributed by atoms with van der Waals surface area (Å²) in [5.74, 6) is 0.681. The van der Waals surface area contributed by atoms with E-state index in [0.717, 1.165) is 0 Å². The maximum atomic E-state index is 10.0. The number of benzene rings is 1. The quantitative estimate of drug-likeness (QED) is 0.895. The predicted octanol–water partition coefficient (Wildman–Crippen LogP) is 3.78. The zero-order valence-electron chi connectivity index (χ0n) is 9.63. The van der Waals surface area contributed by atoms with Crippen LogP contribution in [0.4, 0.5) is 0 Å². The standard InChI is InChI=1S/C12H16Cl2O2/c1-8(2)12(3,15)7-16-11-5-9(13)4-10(14)6-11/h4-6,8,15H,7H2,1-3H3. The Kier molecular flexibility index (Phi) is 4.48. The van der Waals surface area contributed by atoms with E-state index in [1.54, 1.807) is 25.1 Å². The van der Waals surface area contributed by atoms with Crippen LogP contribution in [0.15, 0.2) is 18.2 Å². The highest BCUT2D eigenvalue weighted by atomic mass is 35.5. The van der Waals surface area contributed by atoms with Crippen molar-refractivity contribution < 1.29 is 9.84 Å². The molecule has 0 fully saturated rings. The van der Waals surface area contributed by atoms with Crippen molar-refractivity contribution in [3.05, 3.63) is 28.2 Å². The summed E-state index contributed by atoms with van der Waals surface area (Å²) in [6.45, 7) is 5.83. The summed E-state index contributed by atoms with van der Waals surface area (Å²) in [6, 6.07) is 4.98. The molecule has 1 aromatic carbocycles. The Balaban J connectivity index is 2.68. The van der Waals surface area contributed by atoms with Crippen LogP contribution in [0, 0.1) is 5.92 Å². The highest BCUT2D eigenvalue weighted by Crippen LogP contribution is 2.25. The third-order valence-electron chi connectivity index (χ3n) is 2.61. The van der Waals surface area contributed by atoms with E-state index in [1.165, 1.54) is 0 Å². The van der Waals surface area contributed by atoms with Crippen molar-refractivity contribution in [2.75, 3.05) is 6.61 Å². The Morgan fingerprint density at radius 2 is 1.75 bits per heavy atom. The molecule has 0 spiro atoms. The summed E-state index contributed by atoms with van der Waals surface area (Å²) in [5, 5.41) is 11.0. The second kappa shape index (κ2) is 5.26. The third kappa shape index (κ3) is 3.85. The van der Waals surface area contributed by atoms with Gasteiger partial charge in [-0.2, -0.15) is 0 Å². The van der Waals surface area contributed by atoms with Crippen molar-refractivity contribution in [1.29, 1.82) is 0 Å². The van der Waals surface area contributed by atoms with Crippen LogP contribution in [0.1, 0.15) is 20.8 Å². The van der Waals surface area contributed by atoms with Crippen LogP contribution < -0.4 is 4.74 Å². The van der Waals surface area contributed by atoms with Gasteiger partial charge in [-0.05, 0) is 31.0 Å². The van der Waals surface area contributed by atoms with E-state index in [9.17, 15) is 5.11 Å². The summed E-state index contributed by atoms with van der Waals surface area (Å²) in [6.07, 6.45) is 0. The summed E-state index contributed by atoms with van der Waals surface area (Å²) >= 11 is 11.7. The zero-order chi connectivity index (χ0) is 12.3. The summed E-state index contributed by atoms with van der Waals surface area (Å²) in [4.78, 5) is 0. The lowest BCUT2D eigenvalue weighted by Gasteiger charge is -2.27. The minimum atomic E-state index is -0.866. The monoisotopic (exact) mass is 262 g/mol. The second-order valence-electron chi connectivity index (χ2n) is 4.41. The highest BCUT2D eigenvalue weighted by Gasteiger charge is 2.25. The minimum Gasteiger partial charge on any atom is -0.490 e. The van der Waals surface area contributed by atoms with E-state index in [4.69, 9.17) is 27.9 Å². The van der Waals surface area contributed by atoms with Gasteiger partial charge in [0.25, 0.3) is 0 Å². The fourth-order valence-corrected chi connectivity index (χ4v) is 1.51. The molecule has 0 aliphatic carbocycles. The van der Waals surface area contributed by atoms with Gasteiger partial charge in [-0.25, -0.2) is 0 Å². The molecule has 1 unspecified atom stereocenters. The van der Waals surface area contributed by atoms with Crippen LogP contribution >= 0.6 is 23.2 Å². The molecule has 0 amide bonds. The van der Waals surface area contributed by atoms with Gasteiger partial charge in [-0.3, -0.25) is 0 Å².